The fourth-order valence-electron chi connectivity index (χ4n) is 0.741. The van der Waals surface area contributed by atoms with Crippen LogP contribution in [0.3, 0.4) is 0 Å². The minimum Gasteiger partial charge on any atom is -0.206 e. The summed E-state index contributed by atoms with van der Waals surface area (Å²) in [6, 6.07) is 5.99. The largest absolute Gasteiger partial charge is 0.206 e. The van der Waals surface area contributed by atoms with E-state index in [9.17, 15) is 4.39 Å². The number of halogens is 2. The summed E-state index contributed by atoms with van der Waals surface area (Å²) in [5.74, 6) is -0.198. The van der Waals surface area contributed by atoms with Crippen molar-refractivity contribution in [2.24, 2.45) is 0 Å². The lowest BCUT2D eigenvalue weighted by molar-refractivity contribution is 0.623. The number of hydrogen-bond acceptors (Lipinski definition) is 1. The molecule has 0 heterocycles. The molecule has 1 nitrogen and oxygen atoms in total. The van der Waals surface area contributed by atoms with E-state index in [1.807, 2.05) is 0 Å². The molecule has 0 fully saturated rings. The Hall–Kier alpha value is -1.07. The number of benzene rings is 1. The zero-order chi connectivity index (χ0) is 8.27. The highest BCUT2D eigenvalue weighted by Crippen LogP contribution is 2.10. The number of hydrogen-bond donors (Lipinski definition) is 0. The molecule has 0 aromatic heterocycles. The van der Waals surface area contributed by atoms with Crippen LogP contribution in [0.1, 0.15) is 11.1 Å². The van der Waals surface area contributed by atoms with Crippen molar-refractivity contribution in [3.8, 4) is 6.07 Å². The molecule has 0 saturated heterocycles. The lowest BCUT2D eigenvalue weighted by Crippen LogP contribution is -1.85. The quantitative estimate of drug-likeness (QED) is 0.593. The molecule has 0 aliphatic heterocycles. The second-order valence-corrected chi connectivity index (χ2v) is 2.33. The number of rotatable bonds is 1. The number of nitrogens with zero attached hydrogens (tertiary/aromatic N) is 1. The van der Waals surface area contributed by atoms with Crippen LogP contribution in [0.4, 0.5) is 4.39 Å². The van der Waals surface area contributed by atoms with Crippen molar-refractivity contribution in [1.29, 1.82) is 5.26 Å². The van der Waals surface area contributed by atoms with Crippen molar-refractivity contribution in [2.75, 3.05) is 0 Å². The van der Waals surface area contributed by atoms with E-state index < -0.39 is 5.82 Å². The van der Waals surface area contributed by atoms with Crippen molar-refractivity contribution in [2.45, 2.75) is 5.88 Å². The Morgan fingerprint density at radius 2 is 2.27 bits per heavy atom. The van der Waals surface area contributed by atoms with E-state index in [-0.39, 0.29) is 5.56 Å². The maximum atomic E-state index is 12.6. The van der Waals surface area contributed by atoms with Crippen LogP contribution in [0.5, 0.6) is 0 Å². The molecule has 0 unspecified atom stereocenters. The third-order valence-electron chi connectivity index (χ3n) is 1.31. The van der Waals surface area contributed by atoms with Crippen LogP contribution in [-0.2, 0) is 5.88 Å². The van der Waals surface area contributed by atoms with Crippen LogP contribution in [0.25, 0.3) is 0 Å². The average Bonchev–Trinajstić information content (AvgIpc) is 2.05. The van der Waals surface area contributed by atoms with Gasteiger partial charge in [0.1, 0.15) is 11.9 Å². The summed E-state index contributed by atoms with van der Waals surface area (Å²) in [6.45, 7) is 0. The molecule has 0 aliphatic rings. The summed E-state index contributed by atoms with van der Waals surface area (Å²) >= 11 is 5.48. The molecule has 11 heavy (non-hydrogen) atoms. The maximum absolute atomic E-state index is 12.6. The van der Waals surface area contributed by atoms with Gasteiger partial charge < -0.3 is 0 Å². The number of alkyl halides is 1. The molecule has 1 aromatic rings. The molecule has 3 heteroatoms. The van der Waals surface area contributed by atoms with Crippen LogP contribution in [0, 0.1) is 17.1 Å². The molecule has 56 valence electrons. The molecule has 0 amide bonds. The monoisotopic (exact) mass is 169 g/mol. The lowest BCUT2D eigenvalue weighted by Gasteiger charge is -1.95. The highest BCUT2D eigenvalue weighted by Gasteiger charge is 2.00. The van der Waals surface area contributed by atoms with Crippen molar-refractivity contribution >= 4 is 11.6 Å². The van der Waals surface area contributed by atoms with E-state index in [4.69, 9.17) is 16.9 Å². The standard InChI is InChI=1S/C8H5ClFN/c9-4-6-1-2-8(10)7(3-6)5-11/h1-3H,4H2. The summed E-state index contributed by atoms with van der Waals surface area (Å²) in [4.78, 5) is 0. The SMILES string of the molecule is N#Cc1cc(CCl)ccc1F. The smallest absolute Gasteiger partial charge is 0.140 e. The Bertz CT molecular complexity index is 303. The first-order valence-electron chi connectivity index (χ1n) is 3.02. The second kappa shape index (κ2) is 3.36. The first kappa shape index (κ1) is 8.03. The Balaban J connectivity index is 3.15. The van der Waals surface area contributed by atoms with Gasteiger partial charge in [-0.05, 0) is 17.7 Å². The fraction of sp³-hybridized carbons (Fsp3) is 0.125. The summed E-state index contributed by atoms with van der Waals surface area (Å²) in [6.07, 6.45) is 0. The molecule has 0 bridgehead atoms. The molecule has 0 aliphatic carbocycles. The molecule has 1 aromatic carbocycles. The highest BCUT2D eigenvalue weighted by molar-refractivity contribution is 6.17. The van der Waals surface area contributed by atoms with E-state index in [0.717, 1.165) is 5.56 Å². The predicted octanol–water partition coefficient (Wildman–Crippen LogP) is 2.44. The second-order valence-electron chi connectivity index (χ2n) is 2.06. The Morgan fingerprint density at radius 3 is 2.82 bits per heavy atom. The predicted molar refractivity (Wildman–Crippen MR) is 40.7 cm³/mol. The average molecular weight is 170 g/mol. The van der Waals surface area contributed by atoms with Crippen LogP contribution in [0.15, 0.2) is 18.2 Å². The fourth-order valence-corrected chi connectivity index (χ4v) is 0.907. The zero-order valence-electron chi connectivity index (χ0n) is 5.64. The van der Waals surface area contributed by atoms with E-state index >= 15 is 0 Å². The molecule has 0 spiro atoms. The molecule has 0 atom stereocenters. The lowest BCUT2D eigenvalue weighted by atomic mass is 10.1. The van der Waals surface area contributed by atoms with Gasteiger partial charge in [-0.15, -0.1) is 11.6 Å². The summed E-state index contributed by atoms with van der Waals surface area (Å²) in [5, 5.41) is 8.41. The first-order valence-corrected chi connectivity index (χ1v) is 3.56. The molecular formula is C8H5ClFN. The molecule has 1 rings (SSSR count). The van der Waals surface area contributed by atoms with Crippen LogP contribution in [0.2, 0.25) is 0 Å². The molecule has 0 saturated carbocycles. The van der Waals surface area contributed by atoms with Crippen molar-refractivity contribution in [3.05, 3.63) is 35.1 Å². The zero-order valence-corrected chi connectivity index (χ0v) is 6.40. The third kappa shape index (κ3) is 1.69. The Kier molecular flexibility index (Phi) is 2.45. The van der Waals surface area contributed by atoms with Gasteiger partial charge in [0.25, 0.3) is 0 Å². The van der Waals surface area contributed by atoms with Crippen molar-refractivity contribution < 1.29 is 4.39 Å². The van der Waals surface area contributed by atoms with Gasteiger partial charge in [0, 0.05) is 5.88 Å². The van der Waals surface area contributed by atoms with Crippen LogP contribution < -0.4 is 0 Å². The molecule has 0 N–H and O–H groups in total. The van der Waals surface area contributed by atoms with Crippen LogP contribution in [-0.4, -0.2) is 0 Å². The topological polar surface area (TPSA) is 23.8 Å². The van der Waals surface area contributed by atoms with Gasteiger partial charge in [0.15, 0.2) is 0 Å². The minimum atomic E-state index is -0.499. The highest BCUT2D eigenvalue weighted by atomic mass is 35.5. The van der Waals surface area contributed by atoms with E-state index in [1.165, 1.54) is 12.1 Å². The first-order chi connectivity index (χ1) is 5.27. The number of nitriles is 1. The van der Waals surface area contributed by atoms with Gasteiger partial charge in [-0.25, -0.2) is 4.39 Å². The normalized spacial score (nSPS) is 9.18. The van der Waals surface area contributed by atoms with Crippen molar-refractivity contribution in [3.63, 3.8) is 0 Å². The van der Waals surface area contributed by atoms with E-state index in [2.05, 4.69) is 0 Å². The Labute approximate surface area is 69.0 Å². The minimum absolute atomic E-state index is 0.0446. The molecule has 0 radical (unpaired) electrons. The summed E-state index contributed by atoms with van der Waals surface area (Å²) in [7, 11) is 0. The maximum Gasteiger partial charge on any atom is 0.140 e. The van der Waals surface area contributed by atoms with Gasteiger partial charge in [0.2, 0.25) is 0 Å². The van der Waals surface area contributed by atoms with Crippen molar-refractivity contribution in [1.82, 2.24) is 0 Å². The third-order valence-corrected chi connectivity index (χ3v) is 1.61. The van der Waals surface area contributed by atoms with Gasteiger partial charge in [0.05, 0.1) is 5.56 Å². The Morgan fingerprint density at radius 1 is 1.55 bits per heavy atom. The summed E-state index contributed by atoms with van der Waals surface area (Å²) in [5.41, 5.74) is 0.799. The van der Waals surface area contributed by atoms with E-state index in [0.29, 0.717) is 5.88 Å². The van der Waals surface area contributed by atoms with Gasteiger partial charge >= 0.3 is 0 Å². The van der Waals surface area contributed by atoms with Gasteiger partial charge in [-0.3, -0.25) is 0 Å². The summed E-state index contributed by atoms with van der Waals surface area (Å²) < 4.78 is 12.6. The van der Waals surface area contributed by atoms with Crippen LogP contribution >= 0.6 is 11.6 Å². The van der Waals surface area contributed by atoms with E-state index in [1.54, 1.807) is 12.1 Å². The van der Waals surface area contributed by atoms with Gasteiger partial charge in [-0.1, -0.05) is 6.07 Å². The molecular weight excluding hydrogens is 165 g/mol. The van der Waals surface area contributed by atoms with Gasteiger partial charge in [-0.2, -0.15) is 5.26 Å².